The SMILES string of the molecule is OCCCCNCc1ccccc1Br. The van der Waals surface area contributed by atoms with Crippen LogP contribution in [0.25, 0.3) is 0 Å². The first-order valence-corrected chi connectivity index (χ1v) is 5.69. The van der Waals surface area contributed by atoms with E-state index in [4.69, 9.17) is 5.11 Å². The van der Waals surface area contributed by atoms with E-state index in [9.17, 15) is 0 Å². The predicted octanol–water partition coefficient (Wildman–Crippen LogP) is 2.31. The van der Waals surface area contributed by atoms with Gasteiger partial charge in [-0.25, -0.2) is 0 Å². The van der Waals surface area contributed by atoms with Crippen LogP contribution >= 0.6 is 15.9 Å². The maximum Gasteiger partial charge on any atom is 0.0431 e. The van der Waals surface area contributed by atoms with Crippen molar-refractivity contribution in [3.8, 4) is 0 Å². The topological polar surface area (TPSA) is 32.3 Å². The largest absolute Gasteiger partial charge is 0.396 e. The lowest BCUT2D eigenvalue weighted by atomic mass is 10.2. The van der Waals surface area contributed by atoms with Crippen molar-refractivity contribution in [3.63, 3.8) is 0 Å². The number of aliphatic hydroxyl groups is 1. The van der Waals surface area contributed by atoms with Gasteiger partial charge in [0.05, 0.1) is 0 Å². The van der Waals surface area contributed by atoms with Crippen LogP contribution in [0.5, 0.6) is 0 Å². The molecule has 0 aliphatic rings. The average Bonchev–Trinajstić information content (AvgIpc) is 2.20. The normalized spacial score (nSPS) is 10.4. The van der Waals surface area contributed by atoms with Gasteiger partial charge >= 0.3 is 0 Å². The Balaban J connectivity index is 2.21. The summed E-state index contributed by atoms with van der Waals surface area (Å²) >= 11 is 3.50. The zero-order valence-electron chi connectivity index (χ0n) is 8.17. The maximum atomic E-state index is 8.59. The highest BCUT2D eigenvalue weighted by Crippen LogP contribution is 2.15. The van der Waals surface area contributed by atoms with E-state index in [2.05, 4.69) is 27.3 Å². The number of halogens is 1. The molecule has 3 heteroatoms. The molecule has 1 rings (SSSR count). The maximum absolute atomic E-state index is 8.59. The van der Waals surface area contributed by atoms with Crippen molar-refractivity contribution in [3.05, 3.63) is 34.3 Å². The van der Waals surface area contributed by atoms with Gasteiger partial charge < -0.3 is 10.4 Å². The minimum Gasteiger partial charge on any atom is -0.396 e. The predicted molar refractivity (Wildman–Crippen MR) is 62.2 cm³/mol. The molecule has 2 N–H and O–H groups in total. The van der Waals surface area contributed by atoms with Crippen molar-refractivity contribution >= 4 is 15.9 Å². The minimum atomic E-state index is 0.288. The van der Waals surface area contributed by atoms with Crippen molar-refractivity contribution in [2.75, 3.05) is 13.2 Å². The highest BCUT2D eigenvalue weighted by molar-refractivity contribution is 9.10. The van der Waals surface area contributed by atoms with E-state index in [-0.39, 0.29) is 6.61 Å². The fraction of sp³-hybridized carbons (Fsp3) is 0.455. The standard InChI is InChI=1S/C11H16BrNO/c12-11-6-2-1-5-10(11)9-13-7-3-4-8-14/h1-2,5-6,13-14H,3-4,7-9H2. The number of aliphatic hydroxyl groups excluding tert-OH is 1. The first kappa shape index (κ1) is 11.7. The van der Waals surface area contributed by atoms with Crippen LogP contribution in [-0.2, 0) is 6.54 Å². The van der Waals surface area contributed by atoms with Gasteiger partial charge in [-0.2, -0.15) is 0 Å². The summed E-state index contributed by atoms with van der Waals surface area (Å²) in [6, 6.07) is 8.20. The van der Waals surface area contributed by atoms with Gasteiger partial charge in [-0.3, -0.25) is 0 Å². The van der Waals surface area contributed by atoms with Crippen LogP contribution in [0.15, 0.2) is 28.7 Å². The second kappa shape index (κ2) is 6.98. The Morgan fingerprint density at radius 1 is 1.21 bits per heavy atom. The monoisotopic (exact) mass is 257 g/mol. The third-order valence-electron chi connectivity index (χ3n) is 2.03. The van der Waals surface area contributed by atoms with Crippen LogP contribution in [0.2, 0.25) is 0 Å². The summed E-state index contributed by atoms with van der Waals surface area (Å²) in [5, 5.41) is 11.9. The zero-order valence-corrected chi connectivity index (χ0v) is 9.76. The van der Waals surface area contributed by atoms with Crippen LogP contribution in [0, 0.1) is 0 Å². The van der Waals surface area contributed by atoms with E-state index in [1.807, 2.05) is 18.2 Å². The summed E-state index contributed by atoms with van der Waals surface area (Å²) in [5.41, 5.74) is 1.27. The fourth-order valence-electron chi connectivity index (χ4n) is 1.23. The molecule has 1 aromatic rings. The summed E-state index contributed by atoms with van der Waals surface area (Å²) in [4.78, 5) is 0. The Kier molecular flexibility index (Phi) is 5.83. The summed E-state index contributed by atoms with van der Waals surface area (Å²) < 4.78 is 1.15. The fourth-order valence-corrected chi connectivity index (χ4v) is 1.65. The van der Waals surface area contributed by atoms with Crippen molar-refractivity contribution in [1.82, 2.24) is 5.32 Å². The van der Waals surface area contributed by atoms with Crippen LogP contribution in [0.3, 0.4) is 0 Å². The van der Waals surface area contributed by atoms with Gasteiger partial charge in [0.2, 0.25) is 0 Å². The molecule has 0 aliphatic heterocycles. The quantitative estimate of drug-likeness (QED) is 0.767. The van der Waals surface area contributed by atoms with Gasteiger partial charge in [-0.05, 0) is 31.0 Å². The Bertz CT molecular complexity index is 265. The first-order valence-electron chi connectivity index (χ1n) is 4.89. The van der Waals surface area contributed by atoms with Gasteiger partial charge in [0.1, 0.15) is 0 Å². The molecule has 0 heterocycles. The Morgan fingerprint density at radius 2 is 2.00 bits per heavy atom. The average molecular weight is 258 g/mol. The van der Waals surface area contributed by atoms with Crippen molar-refractivity contribution in [2.24, 2.45) is 0 Å². The molecule has 0 radical (unpaired) electrons. The lowest BCUT2D eigenvalue weighted by Crippen LogP contribution is -2.15. The van der Waals surface area contributed by atoms with E-state index in [1.54, 1.807) is 0 Å². The molecule has 0 saturated carbocycles. The van der Waals surface area contributed by atoms with Gasteiger partial charge in [-0.1, -0.05) is 34.1 Å². The number of nitrogens with one attached hydrogen (secondary N) is 1. The van der Waals surface area contributed by atoms with Crippen LogP contribution in [0.4, 0.5) is 0 Å². The molecule has 2 nitrogen and oxygen atoms in total. The van der Waals surface area contributed by atoms with E-state index >= 15 is 0 Å². The minimum absolute atomic E-state index is 0.288. The number of benzene rings is 1. The summed E-state index contributed by atoms with van der Waals surface area (Å²) in [6.45, 7) is 2.13. The molecular formula is C11H16BrNO. The highest BCUT2D eigenvalue weighted by Gasteiger charge is 1.96. The summed E-state index contributed by atoms with van der Waals surface area (Å²) in [6.07, 6.45) is 1.91. The number of rotatable bonds is 6. The third kappa shape index (κ3) is 4.22. The lowest BCUT2D eigenvalue weighted by molar-refractivity contribution is 0.283. The number of hydrogen-bond acceptors (Lipinski definition) is 2. The molecular weight excluding hydrogens is 242 g/mol. The molecule has 0 bridgehead atoms. The van der Waals surface area contributed by atoms with Gasteiger partial charge in [-0.15, -0.1) is 0 Å². The second-order valence-corrected chi connectivity index (χ2v) is 4.05. The third-order valence-corrected chi connectivity index (χ3v) is 2.81. The van der Waals surface area contributed by atoms with Crippen molar-refractivity contribution < 1.29 is 5.11 Å². The van der Waals surface area contributed by atoms with Gasteiger partial charge in [0, 0.05) is 17.6 Å². The van der Waals surface area contributed by atoms with Crippen molar-refractivity contribution in [2.45, 2.75) is 19.4 Å². The van der Waals surface area contributed by atoms with Crippen LogP contribution in [-0.4, -0.2) is 18.3 Å². The number of unbranched alkanes of at least 4 members (excludes halogenated alkanes) is 1. The second-order valence-electron chi connectivity index (χ2n) is 3.20. The number of hydrogen-bond donors (Lipinski definition) is 2. The van der Waals surface area contributed by atoms with E-state index in [1.165, 1.54) is 5.56 Å². The van der Waals surface area contributed by atoms with Gasteiger partial charge in [0.15, 0.2) is 0 Å². The Hall–Kier alpha value is -0.380. The summed E-state index contributed by atoms with van der Waals surface area (Å²) in [5.74, 6) is 0. The molecule has 78 valence electrons. The molecule has 0 aliphatic carbocycles. The molecule has 14 heavy (non-hydrogen) atoms. The van der Waals surface area contributed by atoms with Crippen molar-refractivity contribution in [1.29, 1.82) is 0 Å². The van der Waals surface area contributed by atoms with Gasteiger partial charge in [0.25, 0.3) is 0 Å². The Morgan fingerprint density at radius 3 is 2.71 bits per heavy atom. The molecule has 0 spiro atoms. The molecule has 1 aromatic carbocycles. The smallest absolute Gasteiger partial charge is 0.0431 e. The lowest BCUT2D eigenvalue weighted by Gasteiger charge is -2.05. The molecule has 0 atom stereocenters. The molecule has 0 aromatic heterocycles. The van der Waals surface area contributed by atoms with E-state index in [0.29, 0.717) is 0 Å². The molecule has 0 fully saturated rings. The van der Waals surface area contributed by atoms with Crippen LogP contribution < -0.4 is 5.32 Å². The zero-order chi connectivity index (χ0) is 10.2. The highest BCUT2D eigenvalue weighted by atomic mass is 79.9. The molecule has 0 amide bonds. The van der Waals surface area contributed by atoms with Crippen LogP contribution in [0.1, 0.15) is 18.4 Å². The first-order chi connectivity index (χ1) is 6.84. The van der Waals surface area contributed by atoms with E-state index < -0.39 is 0 Å². The molecule has 0 saturated heterocycles. The molecule has 0 unspecified atom stereocenters. The summed E-state index contributed by atoms with van der Waals surface area (Å²) in [7, 11) is 0. The van der Waals surface area contributed by atoms with E-state index in [0.717, 1.165) is 30.4 Å². The Labute approximate surface area is 93.5 Å².